The highest BCUT2D eigenvalue weighted by atomic mass is 35.5. The van der Waals surface area contributed by atoms with Crippen LogP contribution in [0.3, 0.4) is 0 Å². The number of carbonyl (C=O) groups excluding carboxylic acids is 2. The minimum atomic E-state index is -0.651. The van der Waals surface area contributed by atoms with Crippen LogP contribution in [0.5, 0.6) is 0 Å². The summed E-state index contributed by atoms with van der Waals surface area (Å²) in [5.41, 5.74) is 2.15. The van der Waals surface area contributed by atoms with Crippen LogP contribution in [-0.4, -0.2) is 34.9 Å². The highest BCUT2D eigenvalue weighted by Gasteiger charge is 2.24. The predicted molar refractivity (Wildman–Crippen MR) is 140 cm³/mol. The molecule has 2 aromatic carbocycles. The van der Waals surface area contributed by atoms with Gasteiger partial charge in [0.15, 0.2) is 5.78 Å². The van der Waals surface area contributed by atoms with Crippen LogP contribution in [0.15, 0.2) is 67.0 Å². The van der Waals surface area contributed by atoms with E-state index in [9.17, 15) is 9.59 Å². The lowest BCUT2D eigenvalue weighted by Crippen LogP contribution is -2.27. The number of carbonyl (C=O) groups is 2. The first-order chi connectivity index (χ1) is 16.8. The number of esters is 1. The fourth-order valence-electron chi connectivity index (χ4n) is 3.69. The molecule has 0 spiro atoms. The molecule has 3 aromatic rings. The van der Waals surface area contributed by atoms with E-state index in [1.807, 2.05) is 41.3 Å². The molecule has 6 nitrogen and oxygen atoms in total. The number of halogens is 2. The number of hydrogen-bond acceptors (Lipinski definition) is 6. The number of allylic oxidation sites excluding steroid dienone is 1. The Bertz CT molecular complexity index is 1160. The van der Waals surface area contributed by atoms with Gasteiger partial charge >= 0.3 is 5.97 Å². The third-order valence-electron chi connectivity index (χ3n) is 5.39. The lowest BCUT2D eigenvalue weighted by Gasteiger charge is -2.26. The third kappa shape index (κ3) is 6.90. The number of benzene rings is 2. The molecule has 0 saturated heterocycles. The van der Waals surface area contributed by atoms with E-state index in [-0.39, 0.29) is 33.9 Å². The molecule has 35 heavy (non-hydrogen) atoms. The van der Waals surface area contributed by atoms with Crippen molar-refractivity contribution < 1.29 is 14.3 Å². The summed E-state index contributed by atoms with van der Waals surface area (Å²) in [7, 11) is 1.31. The van der Waals surface area contributed by atoms with Crippen molar-refractivity contribution in [3.05, 3.63) is 88.2 Å². The topological polar surface area (TPSA) is 72.4 Å². The number of nitrogens with zero attached hydrogens (tertiary/aromatic N) is 3. The van der Waals surface area contributed by atoms with E-state index in [2.05, 4.69) is 23.8 Å². The van der Waals surface area contributed by atoms with E-state index in [0.29, 0.717) is 12.4 Å². The number of Topliss-reactive ketones (excluding diaryl/α,β-unsaturated/α-hetero) is 1. The van der Waals surface area contributed by atoms with Crippen molar-refractivity contribution in [3.63, 3.8) is 0 Å². The van der Waals surface area contributed by atoms with Crippen LogP contribution in [-0.2, 0) is 9.53 Å². The number of rotatable bonds is 10. The Morgan fingerprint density at radius 2 is 1.63 bits per heavy atom. The molecule has 0 saturated carbocycles. The van der Waals surface area contributed by atoms with Gasteiger partial charge in [-0.15, -0.1) is 0 Å². The predicted octanol–water partition coefficient (Wildman–Crippen LogP) is 6.80. The molecule has 0 radical (unpaired) electrons. The molecule has 0 aliphatic heterocycles. The van der Waals surface area contributed by atoms with E-state index < -0.39 is 11.9 Å². The molecule has 1 aromatic heterocycles. The van der Waals surface area contributed by atoms with Gasteiger partial charge in [0.1, 0.15) is 0 Å². The quantitative estimate of drug-likeness (QED) is 0.220. The Hall–Kier alpha value is -3.22. The zero-order valence-corrected chi connectivity index (χ0v) is 21.3. The van der Waals surface area contributed by atoms with Crippen molar-refractivity contribution in [2.75, 3.05) is 12.0 Å². The summed E-state index contributed by atoms with van der Waals surface area (Å²) in [5, 5.41) is 0.524. The van der Waals surface area contributed by atoms with Crippen molar-refractivity contribution in [1.29, 1.82) is 0 Å². The molecule has 0 bridgehead atoms. The van der Waals surface area contributed by atoms with E-state index >= 15 is 0 Å². The smallest absolute Gasteiger partial charge is 0.309 e. The molecule has 1 unspecified atom stereocenters. The summed E-state index contributed by atoms with van der Waals surface area (Å²) >= 11 is 12.3. The summed E-state index contributed by atoms with van der Waals surface area (Å²) in [6, 6.07) is 14.8. The second-order valence-electron chi connectivity index (χ2n) is 8.19. The molecule has 1 atom stereocenters. The van der Waals surface area contributed by atoms with Crippen LogP contribution >= 0.6 is 23.2 Å². The Balaban J connectivity index is 1.71. The fraction of sp³-hybridized carbons (Fsp3) is 0.259. The van der Waals surface area contributed by atoms with Crippen LogP contribution < -0.4 is 4.90 Å². The minimum absolute atomic E-state index is 0.0557. The first-order valence-corrected chi connectivity index (χ1v) is 11.9. The van der Waals surface area contributed by atoms with Gasteiger partial charge in [0.2, 0.25) is 5.95 Å². The SMILES string of the molecule is COC(=O)C(C/C=C/c1ccc(N(c2ncccn2)C(C)C)cc1)CC(=O)c1c(Cl)cccc1Cl. The molecular formula is C27H27Cl2N3O3. The lowest BCUT2D eigenvalue weighted by atomic mass is 9.95. The normalized spacial score (nSPS) is 12.1. The molecule has 3 rings (SSSR count). The van der Waals surface area contributed by atoms with Gasteiger partial charge < -0.3 is 9.64 Å². The Morgan fingerprint density at radius 1 is 1.00 bits per heavy atom. The van der Waals surface area contributed by atoms with Crippen molar-refractivity contribution >= 4 is 52.7 Å². The van der Waals surface area contributed by atoms with Gasteiger partial charge in [0.25, 0.3) is 0 Å². The van der Waals surface area contributed by atoms with E-state index in [0.717, 1.165) is 11.3 Å². The zero-order chi connectivity index (χ0) is 25.4. The van der Waals surface area contributed by atoms with Crippen molar-refractivity contribution in [1.82, 2.24) is 9.97 Å². The maximum absolute atomic E-state index is 12.8. The average Bonchev–Trinajstić information content (AvgIpc) is 2.84. The summed E-state index contributed by atoms with van der Waals surface area (Å²) < 4.78 is 4.91. The van der Waals surface area contributed by atoms with E-state index in [4.69, 9.17) is 27.9 Å². The first kappa shape index (κ1) is 26.4. The molecular weight excluding hydrogens is 485 g/mol. The van der Waals surface area contributed by atoms with E-state index in [1.54, 1.807) is 36.7 Å². The lowest BCUT2D eigenvalue weighted by molar-refractivity contribution is -0.145. The first-order valence-electron chi connectivity index (χ1n) is 11.2. The second-order valence-corrected chi connectivity index (χ2v) is 9.00. The van der Waals surface area contributed by atoms with Gasteiger partial charge in [-0.05, 0) is 56.2 Å². The monoisotopic (exact) mass is 511 g/mol. The number of ketones is 1. The van der Waals surface area contributed by atoms with Crippen molar-refractivity contribution in [3.8, 4) is 0 Å². The highest BCUT2D eigenvalue weighted by Crippen LogP contribution is 2.28. The van der Waals surface area contributed by atoms with Crippen LogP contribution in [0.2, 0.25) is 10.0 Å². The number of hydrogen-bond donors (Lipinski definition) is 0. The van der Waals surface area contributed by atoms with E-state index in [1.165, 1.54) is 7.11 Å². The zero-order valence-electron chi connectivity index (χ0n) is 19.8. The number of aromatic nitrogens is 2. The molecule has 182 valence electrons. The standard InChI is InChI=1S/C27H27Cl2N3O3/c1-18(2)32(27-30-15-6-16-31-27)21-13-11-19(12-14-21)7-4-8-20(26(34)35-3)17-24(33)25-22(28)9-5-10-23(25)29/h4-7,9-16,18,20H,8,17H2,1-3H3/b7-4+. The van der Waals surface area contributed by atoms with Gasteiger partial charge in [-0.25, -0.2) is 9.97 Å². The van der Waals surface area contributed by atoms with Crippen LogP contribution in [0, 0.1) is 5.92 Å². The van der Waals surface area contributed by atoms with Crippen LogP contribution in [0.25, 0.3) is 6.08 Å². The molecule has 0 aliphatic rings. The van der Waals surface area contributed by atoms with Crippen LogP contribution in [0.1, 0.15) is 42.6 Å². The van der Waals surface area contributed by atoms with Gasteiger partial charge in [-0.3, -0.25) is 9.59 Å². The minimum Gasteiger partial charge on any atom is -0.469 e. The summed E-state index contributed by atoms with van der Waals surface area (Å²) in [5.74, 6) is -0.778. The maximum atomic E-state index is 12.8. The number of methoxy groups -OCH3 is 1. The van der Waals surface area contributed by atoms with Gasteiger partial charge in [0.05, 0.1) is 28.6 Å². The van der Waals surface area contributed by atoms with Crippen molar-refractivity contribution in [2.45, 2.75) is 32.7 Å². The molecule has 0 amide bonds. The van der Waals surface area contributed by atoms with Crippen LogP contribution in [0.4, 0.5) is 11.6 Å². The Kier molecular flexibility index (Phi) is 9.40. The Labute approximate surface area is 215 Å². The number of ether oxygens (including phenoxy) is 1. The van der Waals surface area contributed by atoms with Gasteiger partial charge in [0, 0.05) is 30.5 Å². The van der Waals surface area contributed by atoms with Crippen molar-refractivity contribution in [2.24, 2.45) is 5.92 Å². The average molecular weight is 512 g/mol. The maximum Gasteiger partial charge on any atom is 0.309 e. The Morgan fingerprint density at radius 3 is 2.20 bits per heavy atom. The molecule has 0 N–H and O–H groups in total. The summed E-state index contributed by atoms with van der Waals surface area (Å²) in [6.45, 7) is 4.16. The third-order valence-corrected chi connectivity index (χ3v) is 6.02. The number of anilines is 2. The molecule has 1 heterocycles. The summed E-state index contributed by atoms with van der Waals surface area (Å²) in [6.07, 6.45) is 7.48. The molecule has 0 aliphatic carbocycles. The van der Waals surface area contributed by atoms with Gasteiger partial charge in [-0.2, -0.15) is 0 Å². The fourth-order valence-corrected chi connectivity index (χ4v) is 4.30. The largest absolute Gasteiger partial charge is 0.469 e. The molecule has 0 fully saturated rings. The second kappa shape index (κ2) is 12.5. The summed E-state index contributed by atoms with van der Waals surface area (Å²) in [4.78, 5) is 35.9. The van der Waals surface area contributed by atoms with Gasteiger partial charge in [-0.1, -0.05) is 53.6 Å². The molecule has 8 heteroatoms. The highest BCUT2D eigenvalue weighted by molar-refractivity contribution is 6.39.